The second-order valence-electron chi connectivity index (χ2n) is 4.68. The largest absolute Gasteiger partial charge is 0.345 e. The Hall–Kier alpha value is -1.84. The summed E-state index contributed by atoms with van der Waals surface area (Å²) in [5.74, 6) is 1.15. The Bertz CT molecular complexity index is 574. The van der Waals surface area contributed by atoms with E-state index in [1.165, 1.54) is 0 Å². The smallest absolute Gasteiger partial charge is 0.260 e. The first kappa shape index (κ1) is 11.6. The third-order valence-electron chi connectivity index (χ3n) is 2.60. The van der Waals surface area contributed by atoms with Crippen molar-refractivity contribution in [2.75, 3.05) is 18.5 Å². The lowest BCUT2D eigenvalue weighted by Crippen LogP contribution is -2.26. The molecule has 2 rings (SSSR count). The Labute approximate surface area is 100 Å². The summed E-state index contributed by atoms with van der Waals surface area (Å²) in [7, 11) is 1.94. The van der Waals surface area contributed by atoms with E-state index in [0.717, 1.165) is 12.1 Å². The van der Waals surface area contributed by atoms with E-state index in [1.807, 2.05) is 30.1 Å². The number of nitrogens with zero attached hydrogens (tertiary/aromatic N) is 2. The number of rotatable bonds is 3. The molecule has 4 nitrogen and oxygen atoms in total. The fraction of sp³-hybridized carbons (Fsp3) is 0.385. The molecule has 0 aliphatic carbocycles. The maximum absolute atomic E-state index is 11.9. The Morgan fingerprint density at radius 3 is 2.76 bits per heavy atom. The fourth-order valence-corrected chi connectivity index (χ4v) is 1.89. The van der Waals surface area contributed by atoms with Gasteiger partial charge in [0, 0.05) is 13.6 Å². The first-order chi connectivity index (χ1) is 8.08. The molecule has 0 bridgehead atoms. The highest BCUT2D eigenvalue weighted by Gasteiger charge is 2.08. The van der Waals surface area contributed by atoms with Gasteiger partial charge in [-0.05, 0) is 18.1 Å². The Balaban J connectivity index is 2.46. The van der Waals surface area contributed by atoms with Crippen molar-refractivity contribution in [3.8, 4) is 0 Å². The standard InChI is InChI=1S/C13H17N3O/c1-9(2)8-16(3)13-14-11-7-5-4-6-10(11)12(17)15-13/h4-7,9H,8H2,1-3H3,(H,14,15,17). The van der Waals surface area contributed by atoms with E-state index in [9.17, 15) is 4.79 Å². The number of nitrogens with one attached hydrogen (secondary N) is 1. The van der Waals surface area contributed by atoms with Crippen LogP contribution in [-0.4, -0.2) is 23.6 Å². The lowest BCUT2D eigenvalue weighted by molar-refractivity contribution is 0.630. The van der Waals surface area contributed by atoms with E-state index in [2.05, 4.69) is 23.8 Å². The Kier molecular flexibility index (Phi) is 3.13. The molecule has 0 fully saturated rings. The van der Waals surface area contributed by atoms with E-state index in [1.54, 1.807) is 6.07 Å². The summed E-state index contributed by atoms with van der Waals surface area (Å²) in [6.45, 7) is 5.13. The maximum atomic E-state index is 11.9. The number of H-pyrrole nitrogens is 1. The van der Waals surface area contributed by atoms with Gasteiger partial charge in [-0.1, -0.05) is 26.0 Å². The topological polar surface area (TPSA) is 49.0 Å². The van der Waals surface area contributed by atoms with Gasteiger partial charge < -0.3 is 4.90 Å². The van der Waals surface area contributed by atoms with E-state index >= 15 is 0 Å². The van der Waals surface area contributed by atoms with E-state index < -0.39 is 0 Å². The molecule has 0 amide bonds. The highest BCUT2D eigenvalue weighted by Crippen LogP contribution is 2.11. The first-order valence-electron chi connectivity index (χ1n) is 5.78. The van der Waals surface area contributed by atoms with Crippen molar-refractivity contribution >= 4 is 16.9 Å². The van der Waals surface area contributed by atoms with E-state index in [0.29, 0.717) is 17.3 Å². The van der Waals surface area contributed by atoms with Gasteiger partial charge in [0.15, 0.2) is 0 Å². The van der Waals surface area contributed by atoms with Crippen molar-refractivity contribution in [3.05, 3.63) is 34.6 Å². The zero-order valence-corrected chi connectivity index (χ0v) is 10.4. The minimum Gasteiger partial charge on any atom is -0.345 e. The van der Waals surface area contributed by atoms with Crippen molar-refractivity contribution in [2.24, 2.45) is 5.92 Å². The molecular weight excluding hydrogens is 214 g/mol. The Morgan fingerprint density at radius 1 is 1.35 bits per heavy atom. The molecule has 0 saturated carbocycles. The van der Waals surface area contributed by atoms with Crippen LogP contribution in [0.4, 0.5) is 5.95 Å². The third kappa shape index (κ3) is 2.46. The number of aromatic nitrogens is 2. The van der Waals surface area contributed by atoms with Crippen molar-refractivity contribution in [1.29, 1.82) is 0 Å². The van der Waals surface area contributed by atoms with Gasteiger partial charge in [0.05, 0.1) is 10.9 Å². The number of para-hydroxylation sites is 1. The molecule has 2 aromatic rings. The minimum absolute atomic E-state index is 0.0822. The molecule has 0 spiro atoms. The van der Waals surface area contributed by atoms with Gasteiger partial charge in [-0.15, -0.1) is 0 Å². The summed E-state index contributed by atoms with van der Waals surface area (Å²) in [5.41, 5.74) is 0.656. The average molecular weight is 231 g/mol. The predicted molar refractivity (Wildman–Crippen MR) is 70.5 cm³/mol. The van der Waals surface area contributed by atoms with Crippen LogP contribution in [0.5, 0.6) is 0 Å². The molecule has 0 radical (unpaired) electrons. The van der Waals surface area contributed by atoms with Crippen LogP contribution in [0, 0.1) is 5.92 Å². The molecular formula is C13H17N3O. The molecule has 1 aromatic heterocycles. The second kappa shape index (κ2) is 4.57. The molecule has 1 aromatic carbocycles. The maximum Gasteiger partial charge on any atom is 0.260 e. The van der Waals surface area contributed by atoms with Gasteiger partial charge in [0.25, 0.3) is 5.56 Å². The molecule has 0 unspecified atom stereocenters. The molecule has 0 aliphatic rings. The average Bonchev–Trinajstić information content (AvgIpc) is 2.28. The first-order valence-corrected chi connectivity index (χ1v) is 5.78. The highest BCUT2D eigenvalue weighted by molar-refractivity contribution is 5.78. The number of fused-ring (bicyclic) bond motifs is 1. The lowest BCUT2D eigenvalue weighted by atomic mass is 10.2. The molecule has 1 N–H and O–H groups in total. The molecule has 0 atom stereocenters. The van der Waals surface area contributed by atoms with Crippen LogP contribution in [0.2, 0.25) is 0 Å². The Morgan fingerprint density at radius 2 is 2.06 bits per heavy atom. The van der Waals surface area contributed by atoms with Gasteiger partial charge in [-0.25, -0.2) is 4.98 Å². The summed E-state index contributed by atoms with van der Waals surface area (Å²) in [5, 5.41) is 0.634. The second-order valence-corrected chi connectivity index (χ2v) is 4.68. The predicted octanol–water partition coefficient (Wildman–Crippen LogP) is 2.02. The van der Waals surface area contributed by atoms with Gasteiger partial charge >= 0.3 is 0 Å². The van der Waals surface area contributed by atoms with Gasteiger partial charge in [-0.2, -0.15) is 0 Å². The van der Waals surface area contributed by atoms with Crippen LogP contribution < -0.4 is 10.5 Å². The van der Waals surface area contributed by atoms with Crippen LogP contribution in [0.3, 0.4) is 0 Å². The molecule has 1 heterocycles. The quantitative estimate of drug-likeness (QED) is 0.879. The summed E-state index contributed by atoms with van der Waals surface area (Å²) in [6, 6.07) is 7.38. The number of hydrogen-bond acceptors (Lipinski definition) is 3. The lowest BCUT2D eigenvalue weighted by Gasteiger charge is -2.19. The fourth-order valence-electron chi connectivity index (χ4n) is 1.89. The van der Waals surface area contributed by atoms with Crippen molar-refractivity contribution in [3.63, 3.8) is 0 Å². The normalized spacial score (nSPS) is 11.1. The van der Waals surface area contributed by atoms with Crippen LogP contribution >= 0.6 is 0 Å². The number of hydrogen-bond donors (Lipinski definition) is 1. The number of benzene rings is 1. The van der Waals surface area contributed by atoms with Crippen molar-refractivity contribution < 1.29 is 0 Å². The zero-order valence-electron chi connectivity index (χ0n) is 10.4. The van der Waals surface area contributed by atoms with Crippen LogP contribution in [0.25, 0.3) is 10.9 Å². The molecule has 90 valence electrons. The van der Waals surface area contributed by atoms with Gasteiger partial charge in [0.2, 0.25) is 5.95 Å². The number of aromatic amines is 1. The summed E-state index contributed by atoms with van der Waals surface area (Å²) in [4.78, 5) is 21.1. The van der Waals surface area contributed by atoms with E-state index in [4.69, 9.17) is 0 Å². The zero-order chi connectivity index (χ0) is 12.4. The molecule has 17 heavy (non-hydrogen) atoms. The van der Waals surface area contributed by atoms with Crippen molar-refractivity contribution in [1.82, 2.24) is 9.97 Å². The minimum atomic E-state index is -0.0822. The van der Waals surface area contributed by atoms with Crippen LogP contribution in [0.1, 0.15) is 13.8 Å². The molecule has 4 heteroatoms. The third-order valence-corrected chi connectivity index (χ3v) is 2.60. The molecule has 0 saturated heterocycles. The van der Waals surface area contributed by atoms with Crippen LogP contribution in [0.15, 0.2) is 29.1 Å². The number of anilines is 1. The van der Waals surface area contributed by atoms with E-state index in [-0.39, 0.29) is 5.56 Å². The van der Waals surface area contributed by atoms with Crippen molar-refractivity contribution in [2.45, 2.75) is 13.8 Å². The van der Waals surface area contributed by atoms with Gasteiger partial charge in [-0.3, -0.25) is 9.78 Å². The monoisotopic (exact) mass is 231 g/mol. The van der Waals surface area contributed by atoms with Crippen LogP contribution in [-0.2, 0) is 0 Å². The summed E-state index contributed by atoms with van der Waals surface area (Å²) in [6.07, 6.45) is 0. The summed E-state index contributed by atoms with van der Waals surface area (Å²) < 4.78 is 0. The van der Waals surface area contributed by atoms with Gasteiger partial charge in [0.1, 0.15) is 0 Å². The SMILES string of the molecule is CC(C)CN(C)c1nc2ccccc2c(=O)[nH]1. The summed E-state index contributed by atoms with van der Waals surface area (Å²) >= 11 is 0. The molecule has 0 aliphatic heterocycles. The highest BCUT2D eigenvalue weighted by atomic mass is 16.1.